The zero-order valence-electron chi connectivity index (χ0n) is 16.8. The zero-order chi connectivity index (χ0) is 20.6. The maximum absolute atomic E-state index is 12.2. The minimum absolute atomic E-state index is 0.116. The highest BCUT2D eigenvalue weighted by molar-refractivity contribution is 5.98. The van der Waals surface area contributed by atoms with Gasteiger partial charge in [-0.25, -0.2) is 0 Å². The summed E-state index contributed by atoms with van der Waals surface area (Å²) in [5.41, 5.74) is 2.54. The molecule has 3 rings (SSSR count). The third-order valence-electron chi connectivity index (χ3n) is 5.27. The minimum atomic E-state index is -0.523. The number of nitrogens with zero attached hydrogens (tertiary/aromatic N) is 3. The first-order valence-corrected chi connectivity index (χ1v) is 10.1. The quantitative estimate of drug-likeness (QED) is 0.421. The van der Waals surface area contributed by atoms with E-state index >= 15 is 0 Å². The van der Waals surface area contributed by atoms with Crippen LogP contribution in [0.3, 0.4) is 0 Å². The van der Waals surface area contributed by atoms with Gasteiger partial charge in [-0.05, 0) is 50.1 Å². The second kappa shape index (κ2) is 10.0. The molecule has 29 heavy (non-hydrogen) atoms. The molecule has 2 aromatic rings. The topological polar surface area (TPSA) is 78.7 Å². The van der Waals surface area contributed by atoms with Gasteiger partial charge in [0, 0.05) is 44.5 Å². The zero-order valence-corrected chi connectivity index (χ0v) is 16.8. The molecular weight excluding hydrogens is 368 g/mol. The van der Waals surface area contributed by atoms with Crippen LogP contribution in [-0.4, -0.2) is 55.0 Å². The molecule has 1 aliphatic rings. The third-order valence-corrected chi connectivity index (χ3v) is 5.27. The lowest BCUT2D eigenvalue weighted by Gasteiger charge is -2.36. The normalized spacial score (nSPS) is 14.6. The van der Waals surface area contributed by atoms with Crippen LogP contribution in [0.1, 0.15) is 28.8 Å². The number of carbonyl (C=O) groups excluding carboxylic acids is 1. The molecule has 0 atom stereocenters. The molecule has 0 aliphatic carbocycles. The smallest absolute Gasteiger partial charge is 0.282 e. The van der Waals surface area contributed by atoms with Crippen molar-refractivity contribution < 1.29 is 9.72 Å². The van der Waals surface area contributed by atoms with Crippen LogP contribution < -0.4 is 10.2 Å². The Morgan fingerprint density at radius 1 is 1.07 bits per heavy atom. The Balaban J connectivity index is 1.35. The van der Waals surface area contributed by atoms with E-state index in [0.717, 1.165) is 45.6 Å². The molecule has 1 amide bonds. The summed E-state index contributed by atoms with van der Waals surface area (Å²) in [7, 11) is 0. The van der Waals surface area contributed by atoms with Gasteiger partial charge in [-0.3, -0.25) is 19.8 Å². The van der Waals surface area contributed by atoms with Gasteiger partial charge < -0.3 is 10.2 Å². The lowest BCUT2D eigenvalue weighted by atomic mass is 10.1. The van der Waals surface area contributed by atoms with E-state index in [0.29, 0.717) is 6.54 Å². The molecule has 1 heterocycles. The fourth-order valence-corrected chi connectivity index (χ4v) is 3.64. The average Bonchev–Trinajstić information content (AvgIpc) is 2.74. The Bertz CT molecular complexity index is 847. The Kier molecular flexibility index (Phi) is 7.19. The van der Waals surface area contributed by atoms with Crippen molar-refractivity contribution >= 4 is 17.3 Å². The molecule has 1 saturated heterocycles. The predicted octanol–water partition coefficient (Wildman–Crippen LogP) is 3.24. The number of anilines is 1. The van der Waals surface area contributed by atoms with Gasteiger partial charge in [0.15, 0.2) is 0 Å². The number of hydrogen-bond acceptors (Lipinski definition) is 5. The molecular formula is C22H28N4O3. The van der Waals surface area contributed by atoms with E-state index in [4.69, 9.17) is 0 Å². The number of piperazine rings is 1. The fourth-order valence-electron chi connectivity index (χ4n) is 3.64. The second-order valence-electron chi connectivity index (χ2n) is 7.40. The molecule has 2 aromatic carbocycles. The molecule has 1 aliphatic heterocycles. The van der Waals surface area contributed by atoms with Crippen LogP contribution in [0.4, 0.5) is 11.4 Å². The number of benzene rings is 2. The number of amides is 1. The van der Waals surface area contributed by atoms with Crippen LogP contribution in [-0.2, 0) is 0 Å². The van der Waals surface area contributed by atoms with Crippen molar-refractivity contribution in [2.24, 2.45) is 0 Å². The predicted molar refractivity (Wildman–Crippen MR) is 114 cm³/mol. The van der Waals surface area contributed by atoms with E-state index < -0.39 is 4.92 Å². The minimum Gasteiger partial charge on any atom is -0.369 e. The number of unbranched alkanes of at least 4 members (excludes halogenated alkanes) is 1. The van der Waals surface area contributed by atoms with Crippen LogP contribution in [0.2, 0.25) is 0 Å². The van der Waals surface area contributed by atoms with E-state index in [-0.39, 0.29) is 17.2 Å². The Morgan fingerprint density at radius 2 is 1.83 bits per heavy atom. The number of nitro benzene ring substituents is 1. The summed E-state index contributed by atoms with van der Waals surface area (Å²) in [6, 6.07) is 14.7. The molecule has 0 saturated carbocycles. The second-order valence-corrected chi connectivity index (χ2v) is 7.40. The standard InChI is InChI=1S/C22H28N4O3/c1-18-7-6-8-19(17-18)25-15-13-24(14-16-25)12-5-4-11-23-22(27)20-9-2-3-10-21(20)26(28)29/h2-3,6-10,17H,4-5,11-16H2,1H3,(H,23,27). The average molecular weight is 396 g/mol. The molecule has 0 radical (unpaired) electrons. The van der Waals surface area contributed by atoms with Crippen molar-refractivity contribution in [3.63, 3.8) is 0 Å². The van der Waals surface area contributed by atoms with E-state index in [9.17, 15) is 14.9 Å². The van der Waals surface area contributed by atoms with Gasteiger partial charge in [0.2, 0.25) is 0 Å². The Morgan fingerprint density at radius 3 is 2.55 bits per heavy atom. The van der Waals surface area contributed by atoms with Gasteiger partial charge in [-0.15, -0.1) is 0 Å². The number of nitrogens with one attached hydrogen (secondary N) is 1. The Hall–Kier alpha value is -2.93. The van der Waals surface area contributed by atoms with Gasteiger partial charge in [0.25, 0.3) is 11.6 Å². The molecule has 1 N–H and O–H groups in total. The number of aryl methyl sites for hydroxylation is 1. The number of rotatable bonds is 8. The molecule has 1 fully saturated rings. The van der Waals surface area contributed by atoms with Crippen molar-refractivity contribution in [1.29, 1.82) is 0 Å². The van der Waals surface area contributed by atoms with Gasteiger partial charge in [0.05, 0.1) is 4.92 Å². The molecule has 7 heteroatoms. The van der Waals surface area contributed by atoms with Crippen LogP contribution in [0.15, 0.2) is 48.5 Å². The monoisotopic (exact) mass is 396 g/mol. The van der Waals surface area contributed by atoms with Crippen molar-refractivity contribution in [2.75, 3.05) is 44.2 Å². The highest BCUT2D eigenvalue weighted by Gasteiger charge is 2.19. The number of nitro groups is 1. The van der Waals surface area contributed by atoms with Crippen molar-refractivity contribution in [1.82, 2.24) is 10.2 Å². The number of carbonyl (C=O) groups is 1. The molecule has 7 nitrogen and oxygen atoms in total. The largest absolute Gasteiger partial charge is 0.369 e. The SMILES string of the molecule is Cc1cccc(N2CCN(CCCCNC(=O)c3ccccc3[N+](=O)[O-])CC2)c1. The maximum atomic E-state index is 12.2. The molecule has 154 valence electrons. The van der Waals surface area contributed by atoms with Crippen molar-refractivity contribution in [2.45, 2.75) is 19.8 Å². The summed E-state index contributed by atoms with van der Waals surface area (Å²) < 4.78 is 0. The van der Waals surface area contributed by atoms with Crippen molar-refractivity contribution in [3.8, 4) is 0 Å². The van der Waals surface area contributed by atoms with Crippen LogP contribution in [0.5, 0.6) is 0 Å². The summed E-state index contributed by atoms with van der Waals surface area (Å²) in [4.78, 5) is 27.6. The van der Waals surface area contributed by atoms with Gasteiger partial charge >= 0.3 is 0 Å². The highest BCUT2D eigenvalue weighted by atomic mass is 16.6. The first-order valence-electron chi connectivity index (χ1n) is 10.1. The van der Waals surface area contributed by atoms with Gasteiger partial charge in [0.1, 0.15) is 5.56 Å². The molecule has 0 spiro atoms. The van der Waals surface area contributed by atoms with Gasteiger partial charge in [-0.2, -0.15) is 0 Å². The fraction of sp³-hybridized carbons (Fsp3) is 0.409. The van der Waals surface area contributed by atoms with Crippen LogP contribution >= 0.6 is 0 Å². The number of para-hydroxylation sites is 1. The molecule has 0 bridgehead atoms. The highest BCUT2D eigenvalue weighted by Crippen LogP contribution is 2.18. The van der Waals surface area contributed by atoms with Crippen LogP contribution in [0.25, 0.3) is 0 Å². The Labute approximate surface area is 171 Å². The van der Waals surface area contributed by atoms with Gasteiger partial charge in [-0.1, -0.05) is 24.3 Å². The van der Waals surface area contributed by atoms with E-state index in [1.165, 1.54) is 23.4 Å². The molecule has 0 unspecified atom stereocenters. The van der Waals surface area contributed by atoms with Crippen LogP contribution in [0, 0.1) is 17.0 Å². The van der Waals surface area contributed by atoms with Crippen molar-refractivity contribution in [3.05, 3.63) is 69.8 Å². The summed E-state index contributed by atoms with van der Waals surface area (Å²) >= 11 is 0. The lowest BCUT2D eigenvalue weighted by molar-refractivity contribution is -0.385. The first kappa shape index (κ1) is 20.8. The summed E-state index contributed by atoms with van der Waals surface area (Å²) in [6.45, 7) is 7.77. The van der Waals surface area contributed by atoms with E-state index in [1.807, 2.05) is 0 Å². The van der Waals surface area contributed by atoms with E-state index in [2.05, 4.69) is 46.3 Å². The summed E-state index contributed by atoms with van der Waals surface area (Å²) in [5, 5.41) is 13.8. The van der Waals surface area contributed by atoms with E-state index in [1.54, 1.807) is 12.1 Å². The summed E-state index contributed by atoms with van der Waals surface area (Å²) in [5.74, 6) is -0.385. The number of hydrogen-bond donors (Lipinski definition) is 1. The lowest BCUT2D eigenvalue weighted by Crippen LogP contribution is -2.46. The molecule has 0 aromatic heterocycles. The summed E-state index contributed by atoms with van der Waals surface area (Å²) in [6.07, 6.45) is 1.84. The first-order chi connectivity index (χ1) is 14.0. The third kappa shape index (κ3) is 5.77. The maximum Gasteiger partial charge on any atom is 0.282 e.